The monoisotopic (exact) mass is 221 g/mol. The van der Waals surface area contributed by atoms with Gasteiger partial charge in [-0.25, -0.2) is 8.78 Å². The molecule has 0 spiro atoms. The first-order valence-corrected chi connectivity index (χ1v) is 5.66. The maximum atomic E-state index is 12.8. The molecule has 0 amide bonds. The first-order valence-electron chi connectivity index (χ1n) is 5.66. The fourth-order valence-electron chi connectivity index (χ4n) is 2.15. The van der Waals surface area contributed by atoms with Crippen LogP contribution in [0, 0.1) is 11.8 Å². The van der Waals surface area contributed by atoms with Gasteiger partial charge in [-0.05, 0) is 24.7 Å². The number of aliphatic hydroxyl groups excluding tert-OH is 1. The number of aliphatic hydroxyl groups is 1. The molecule has 15 heavy (non-hydrogen) atoms. The Morgan fingerprint density at radius 1 is 1.33 bits per heavy atom. The van der Waals surface area contributed by atoms with Crippen LogP contribution in [-0.2, 0) is 0 Å². The van der Waals surface area contributed by atoms with Crippen molar-refractivity contribution < 1.29 is 13.9 Å². The molecule has 0 aromatic carbocycles. The minimum Gasteiger partial charge on any atom is -0.390 e. The fourth-order valence-corrected chi connectivity index (χ4v) is 2.15. The average molecular weight is 221 g/mol. The van der Waals surface area contributed by atoms with Crippen LogP contribution in [0.15, 0.2) is 0 Å². The Morgan fingerprint density at radius 3 is 2.60 bits per heavy atom. The van der Waals surface area contributed by atoms with E-state index < -0.39 is 19.1 Å². The Kier molecular flexibility index (Phi) is 4.46. The predicted molar refractivity (Wildman–Crippen MR) is 56.0 cm³/mol. The van der Waals surface area contributed by atoms with Gasteiger partial charge in [0.25, 0.3) is 5.92 Å². The lowest BCUT2D eigenvalue weighted by molar-refractivity contribution is -0.0515. The maximum absolute atomic E-state index is 12.8. The van der Waals surface area contributed by atoms with E-state index in [1.54, 1.807) is 0 Å². The molecule has 0 heterocycles. The summed E-state index contributed by atoms with van der Waals surface area (Å²) in [5.41, 5.74) is 0. The van der Waals surface area contributed by atoms with Gasteiger partial charge in [0.15, 0.2) is 0 Å². The summed E-state index contributed by atoms with van der Waals surface area (Å²) >= 11 is 0. The quantitative estimate of drug-likeness (QED) is 0.761. The van der Waals surface area contributed by atoms with E-state index in [2.05, 4.69) is 19.2 Å². The molecular weight excluding hydrogens is 200 g/mol. The van der Waals surface area contributed by atoms with E-state index in [9.17, 15) is 8.78 Å². The maximum Gasteiger partial charge on any atom is 0.282 e. The molecule has 3 atom stereocenters. The molecule has 0 radical (unpaired) electrons. The minimum absolute atomic E-state index is 0.172. The van der Waals surface area contributed by atoms with Gasteiger partial charge in [-0.3, -0.25) is 0 Å². The van der Waals surface area contributed by atoms with Gasteiger partial charge in [0.2, 0.25) is 0 Å². The SMILES string of the molecule is CC1CCC(C)C(NCC(F)(F)CO)C1. The van der Waals surface area contributed by atoms with Gasteiger partial charge in [0.1, 0.15) is 6.61 Å². The number of nitrogens with one attached hydrogen (secondary N) is 1. The Labute approximate surface area is 90.1 Å². The third kappa shape index (κ3) is 4.03. The van der Waals surface area contributed by atoms with Crippen molar-refractivity contribution in [3.05, 3.63) is 0 Å². The summed E-state index contributed by atoms with van der Waals surface area (Å²) in [7, 11) is 0. The average Bonchev–Trinajstić information content (AvgIpc) is 2.20. The highest BCUT2D eigenvalue weighted by atomic mass is 19.3. The lowest BCUT2D eigenvalue weighted by Gasteiger charge is -2.34. The van der Waals surface area contributed by atoms with E-state index in [0.29, 0.717) is 11.8 Å². The lowest BCUT2D eigenvalue weighted by atomic mass is 9.80. The Morgan fingerprint density at radius 2 is 2.00 bits per heavy atom. The second-order valence-electron chi connectivity index (χ2n) is 4.90. The van der Waals surface area contributed by atoms with Crippen LogP contribution in [0.2, 0.25) is 0 Å². The van der Waals surface area contributed by atoms with Gasteiger partial charge in [-0.15, -0.1) is 0 Å². The number of hydrogen-bond donors (Lipinski definition) is 2. The van der Waals surface area contributed by atoms with Crippen LogP contribution in [-0.4, -0.2) is 30.2 Å². The smallest absolute Gasteiger partial charge is 0.282 e. The third-order valence-corrected chi connectivity index (χ3v) is 3.31. The van der Waals surface area contributed by atoms with Crippen molar-refractivity contribution in [2.75, 3.05) is 13.2 Å². The standard InChI is InChI=1S/C11H21F2NO/c1-8-3-4-9(2)10(5-8)14-6-11(12,13)7-15/h8-10,14-15H,3-7H2,1-2H3. The fraction of sp³-hybridized carbons (Fsp3) is 1.00. The van der Waals surface area contributed by atoms with Gasteiger partial charge in [-0.2, -0.15) is 0 Å². The number of hydrogen-bond acceptors (Lipinski definition) is 2. The molecule has 1 fully saturated rings. The molecule has 1 aliphatic rings. The van der Waals surface area contributed by atoms with Crippen molar-refractivity contribution >= 4 is 0 Å². The molecule has 3 unspecified atom stereocenters. The molecule has 1 aliphatic carbocycles. The molecule has 0 aliphatic heterocycles. The van der Waals surface area contributed by atoms with Crippen LogP contribution < -0.4 is 5.32 Å². The van der Waals surface area contributed by atoms with Crippen LogP contribution in [0.4, 0.5) is 8.78 Å². The second-order valence-corrected chi connectivity index (χ2v) is 4.90. The highest BCUT2D eigenvalue weighted by molar-refractivity contribution is 4.83. The summed E-state index contributed by atoms with van der Waals surface area (Å²) in [6.45, 7) is 2.77. The van der Waals surface area contributed by atoms with Gasteiger partial charge in [0, 0.05) is 6.04 Å². The van der Waals surface area contributed by atoms with Crippen LogP contribution in [0.5, 0.6) is 0 Å². The number of rotatable bonds is 4. The van der Waals surface area contributed by atoms with Crippen molar-refractivity contribution in [1.29, 1.82) is 0 Å². The second kappa shape index (κ2) is 5.21. The Hall–Kier alpha value is -0.220. The molecule has 1 saturated carbocycles. The molecule has 0 aromatic heterocycles. The highest BCUT2D eigenvalue weighted by Crippen LogP contribution is 2.28. The summed E-state index contributed by atoms with van der Waals surface area (Å²) in [4.78, 5) is 0. The summed E-state index contributed by atoms with van der Waals surface area (Å²) in [6.07, 6.45) is 3.25. The summed E-state index contributed by atoms with van der Waals surface area (Å²) in [6, 6.07) is 0.172. The Bertz CT molecular complexity index is 199. The third-order valence-electron chi connectivity index (χ3n) is 3.31. The normalized spacial score (nSPS) is 33.0. The summed E-state index contributed by atoms with van der Waals surface area (Å²) in [5, 5.41) is 11.3. The zero-order chi connectivity index (χ0) is 11.5. The van der Waals surface area contributed by atoms with Gasteiger partial charge >= 0.3 is 0 Å². The molecule has 2 N–H and O–H groups in total. The van der Waals surface area contributed by atoms with E-state index in [1.165, 1.54) is 6.42 Å². The highest BCUT2D eigenvalue weighted by Gasteiger charge is 2.31. The largest absolute Gasteiger partial charge is 0.390 e. The predicted octanol–water partition coefficient (Wildman–Crippen LogP) is 2.03. The minimum atomic E-state index is -2.99. The van der Waals surface area contributed by atoms with Crippen LogP contribution in [0.1, 0.15) is 33.1 Å². The van der Waals surface area contributed by atoms with Crippen LogP contribution >= 0.6 is 0 Å². The molecule has 90 valence electrons. The van der Waals surface area contributed by atoms with E-state index in [1.807, 2.05) is 0 Å². The van der Waals surface area contributed by atoms with E-state index in [4.69, 9.17) is 5.11 Å². The summed E-state index contributed by atoms with van der Waals surface area (Å²) in [5.74, 6) is -1.92. The molecule has 0 bridgehead atoms. The molecule has 2 nitrogen and oxygen atoms in total. The van der Waals surface area contributed by atoms with E-state index >= 15 is 0 Å². The zero-order valence-corrected chi connectivity index (χ0v) is 9.47. The van der Waals surface area contributed by atoms with Crippen LogP contribution in [0.25, 0.3) is 0 Å². The van der Waals surface area contributed by atoms with Gasteiger partial charge in [0.05, 0.1) is 6.54 Å². The van der Waals surface area contributed by atoms with E-state index in [0.717, 1.165) is 12.8 Å². The molecule has 0 saturated heterocycles. The topological polar surface area (TPSA) is 32.3 Å². The van der Waals surface area contributed by atoms with Crippen molar-refractivity contribution in [1.82, 2.24) is 5.32 Å². The number of alkyl halides is 2. The van der Waals surface area contributed by atoms with Gasteiger partial charge in [-0.1, -0.05) is 20.3 Å². The first-order chi connectivity index (χ1) is 6.94. The molecular formula is C11H21F2NO. The van der Waals surface area contributed by atoms with Crippen LogP contribution in [0.3, 0.4) is 0 Å². The van der Waals surface area contributed by atoms with Crippen molar-refractivity contribution in [3.63, 3.8) is 0 Å². The number of halogens is 2. The molecule has 0 aromatic rings. The Balaban J connectivity index is 2.36. The zero-order valence-electron chi connectivity index (χ0n) is 9.47. The van der Waals surface area contributed by atoms with Crippen molar-refractivity contribution in [3.8, 4) is 0 Å². The molecule has 4 heteroatoms. The van der Waals surface area contributed by atoms with Crippen molar-refractivity contribution in [2.24, 2.45) is 11.8 Å². The lowest BCUT2D eigenvalue weighted by Crippen LogP contribution is -2.46. The molecule has 1 rings (SSSR count). The van der Waals surface area contributed by atoms with Gasteiger partial charge < -0.3 is 10.4 Å². The first kappa shape index (κ1) is 12.8. The van der Waals surface area contributed by atoms with E-state index in [-0.39, 0.29) is 6.04 Å². The van der Waals surface area contributed by atoms with Crippen molar-refractivity contribution in [2.45, 2.75) is 45.1 Å². The summed E-state index contributed by atoms with van der Waals surface area (Å²) < 4.78 is 25.6.